The zero-order chi connectivity index (χ0) is 14.8. The van der Waals surface area contributed by atoms with Gasteiger partial charge in [-0.2, -0.15) is 4.31 Å². The van der Waals surface area contributed by atoms with Crippen LogP contribution < -0.4 is 5.73 Å². The predicted octanol–water partition coefficient (Wildman–Crippen LogP) is 1.25. The lowest BCUT2D eigenvalue weighted by atomic mass is 10.1. The summed E-state index contributed by atoms with van der Waals surface area (Å²) in [5.41, 5.74) is 5.74. The van der Waals surface area contributed by atoms with Gasteiger partial charge in [-0.05, 0) is 23.8 Å². The average Bonchev–Trinajstić information content (AvgIpc) is 3.07. The van der Waals surface area contributed by atoms with Crippen molar-refractivity contribution in [1.82, 2.24) is 9.21 Å². The molecule has 2 N–H and O–H groups in total. The molecule has 1 aliphatic rings. The summed E-state index contributed by atoms with van der Waals surface area (Å²) in [6.45, 7) is 1.65. The number of thiophene rings is 1. The molecular weight excluding hydrogens is 423 g/mol. The third kappa shape index (κ3) is 4.54. The first-order chi connectivity index (χ1) is 9.41. The van der Waals surface area contributed by atoms with E-state index in [-0.39, 0.29) is 29.9 Å². The van der Waals surface area contributed by atoms with Gasteiger partial charge in [0, 0.05) is 33.7 Å². The summed E-state index contributed by atoms with van der Waals surface area (Å²) in [7, 11) is 0.347. The standard InChI is InChI=1S/C12H20N4O2S2.HI/c1-15(2)12(13)14-8-10-5-6-16(9-10)20(17,18)11-4-3-7-19-11;/h3-4,7,10H,5-6,8-9H2,1-2H3,(H2,13,14);1H. The summed E-state index contributed by atoms with van der Waals surface area (Å²) < 4.78 is 26.7. The van der Waals surface area contributed by atoms with Gasteiger partial charge in [0.2, 0.25) is 0 Å². The lowest BCUT2D eigenvalue weighted by Crippen LogP contribution is -2.31. The Morgan fingerprint density at radius 1 is 1.57 bits per heavy atom. The van der Waals surface area contributed by atoms with Crippen LogP contribution in [0.2, 0.25) is 0 Å². The molecule has 0 spiro atoms. The first kappa shape index (κ1) is 18.7. The fraction of sp³-hybridized carbons (Fsp3) is 0.583. The number of rotatable bonds is 4. The molecule has 0 bridgehead atoms. The van der Waals surface area contributed by atoms with Crippen LogP contribution in [0.1, 0.15) is 6.42 Å². The highest BCUT2D eigenvalue weighted by atomic mass is 127. The molecule has 9 heteroatoms. The van der Waals surface area contributed by atoms with E-state index in [1.54, 1.807) is 26.7 Å². The van der Waals surface area contributed by atoms with Crippen molar-refractivity contribution in [2.75, 3.05) is 33.7 Å². The molecule has 21 heavy (non-hydrogen) atoms. The zero-order valence-corrected chi connectivity index (χ0v) is 16.1. The Hall–Kier alpha value is -0.390. The highest BCUT2D eigenvalue weighted by Gasteiger charge is 2.32. The fourth-order valence-electron chi connectivity index (χ4n) is 2.07. The maximum absolute atomic E-state index is 12.4. The third-order valence-corrected chi connectivity index (χ3v) is 6.55. The number of guanidine groups is 1. The molecule has 1 aromatic rings. The van der Waals surface area contributed by atoms with Gasteiger partial charge in [-0.25, -0.2) is 8.42 Å². The Balaban J connectivity index is 0.00000220. The van der Waals surface area contributed by atoms with E-state index in [4.69, 9.17) is 5.73 Å². The SMILES string of the molecule is CN(C)C(N)=NCC1CCN(S(=O)(=O)c2cccs2)C1.I. The van der Waals surface area contributed by atoms with Gasteiger partial charge in [-0.15, -0.1) is 35.3 Å². The van der Waals surface area contributed by atoms with Crippen LogP contribution in [0.4, 0.5) is 0 Å². The molecule has 1 aliphatic heterocycles. The molecule has 6 nitrogen and oxygen atoms in total. The summed E-state index contributed by atoms with van der Waals surface area (Å²) in [5.74, 6) is 0.716. The quantitative estimate of drug-likeness (QED) is 0.431. The monoisotopic (exact) mass is 444 g/mol. The maximum Gasteiger partial charge on any atom is 0.252 e. The third-order valence-electron chi connectivity index (χ3n) is 3.31. The van der Waals surface area contributed by atoms with E-state index in [9.17, 15) is 8.42 Å². The smallest absolute Gasteiger partial charge is 0.252 e. The highest BCUT2D eigenvalue weighted by Crippen LogP contribution is 2.26. The lowest BCUT2D eigenvalue weighted by Gasteiger charge is -2.15. The molecule has 1 fully saturated rings. The summed E-state index contributed by atoms with van der Waals surface area (Å²) in [4.78, 5) is 6.03. The van der Waals surface area contributed by atoms with Crippen molar-refractivity contribution < 1.29 is 8.42 Å². The molecule has 1 aromatic heterocycles. The van der Waals surface area contributed by atoms with E-state index in [1.165, 1.54) is 11.3 Å². The second-order valence-corrected chi connectivity index (χ2v) is 8.16. The number of hydrogen-bond donors (Lipinski definition) is 1. The fourth-order valence-corrected chi connectivity index (χ4v) is 4.74. The minimum atomic E-state index is -3.32. The topological polar surface area (TPSA) is 79.0 Å². The Labute approximate surface area is 147 Å². The first-order valence-corrected chi connectivity index (χ1v) is 8.74. The molecular formula is C12H21IN4O2S2. The van der Waals surface area contributed by atoms with Gasteiger partial charge in [0.15, 0.2) is 5.96 Å². The number of nitrogens with zero attached hydrogens (tertiary/aromatic N) is 3. The van der Waals surface area contributed by atoms with E-state index in [0.29, 0.717) is 29.8 Å². The van der Waals surface area contributed by atoms with E-state index in [0.717, 1.165) is 6.42 Å². The summed E-state index contributed by atoms with van der Waals surface area (Å²) in [5, 5.41) is 1.78. The van der Waals surface area contributed by atoms with Crippen molar-refractivity contribution in [3.8, 4) is 0 Å². The summed E-state index contributed by atoms with van der Waals surface area (Å²) in [6, 6.07) is 3.41. The largest absolute Gasteiger partial charge is 0.370 e. The van der Waals surface area contributed by atoms with Gasteiger partial charge in [0.25, 0.3) is 10.0 Å². The van der Waals surface area contributed by atoms with Crippen molar-refractivity contribution in [3.05, 3.63) is 17.5 Å². The van der Waals surface area contributed by atoms with Crippen LogP contribution in [0.15, 0.2) is 26.7 Å². The number of sulfonamides is 1. The normalized spacial score (nSPS) is 20.3. The van der Waals surface area contributed by atoms with E-state index >= 15 is 0 Å². The molecule has 2 rings (SSSR count). The van der Waals surface area contributed by atoms with Crippen molar-refractivity contribution >= 4 is 51.3 Å². The molecule has 120 valence electrons. The highest BCUT2D eigenvalue weighted by molar-refractivity contribution is 14.0. The van der Waals surface area contributed by atoms with E-state index in [1.807, 2.05) is 14.1 Å². The van der Waals surface area contributed by atoms with Crippen LogP contribution in [0, 0.1) is 5.92 Å². The summed E-state index contributed by atoms with van der Waals surface area (Å²) >= 11 is 1.26. The number of nitrogens with two attached hydrogens (primary N) is 1. The Morgan fingerprint density at radius 2 is 2.29 bits per heavy atom. The molecule has 0 radical (unpaired) electrons. The lowest BCUT2D eigenvalue weighted by molar-refractivity contribution is 0.460. The molecule has 2 heterocycles. The first-order valence-electron chi connectivity index (χ1n) is 6.42. The van der Waals surface area contributed by atoms with E-state index in [2.05, 4.69) is 4.99 Å². The number of halogens is 1. The second-order valence-electron chi connectivity index (χ2n) is 5.04. The Morgan fingerprint density at radius 3 is 2.86 bits per heavy atom. The van der Waals surface area contributed by atoms with Crippen LogP contribution in [0.25, 0.3) is 0 Å². The van der Waals surface area contributed by atoms with Gasteiger partial charge >= 0.3 is 0 Å². The van der Waals surface area contributed by atoms with Gasteiger partial charge in [-0.1, -0.05) is 6.07 Å². The maximum atomic E-state index is 12.4. The van der Waals surface area contributed by atoms with Gasteiger partial charge in [0.05, 0.1) is 0 Å². The van der Waals surface area contributed by atoms with Crippen LogP contribution in [0.5, 0.6) is 0 Å². The average molecular weight is 444 g/mol. The molecule has 1 saturated heterocycles. The Kier molecular flexibility index (Phi) is 6.88. The predicted molar refractivity (Wildman–Crippen MR) is 96.8 cm³/mol. The van der Waals surface area contributed by atoms with Crippen LogP contribution in [-0.2, 0) is 10.0 Å². The molecule has 0 amide bonds. The van der Waals surface area contributed by atoms with Crippen molar-refractivity contribution in [2.45, 2.75) is 10.6 Å². The molecule has 1 atom stereocenters. The molecule has 0 saturated carbocycles. The van der Waals surface area contributed by atoms with E-state index < -0.39 is 10.0 Å². The van der Waals surface area contributed by atoms with Gasteiger partial charge < -0.3 is 10.6 Å². The van der Waals surface area contributed by atoms with Crippen molar-refractivity contribution in [2.24, 2.45) is 16.6 Å². The molecule has 0 aromatic carbocycles. The summed E-state index contributed by atoms with van der Waals surface area (Å²) in [6.07, 6.45) is 0.828. The zero-order valence-electron chi connectivity index (χ0n) is 12.1. The van der Waals surface area contributed by atoms with Gasteiger partial charge in [0.1, 0.15) is 4.21 Å². The van der Waals surface area contributed by atoms with Crippen molar-refractivity contribution in [3.63, 3.8) is 0 Å². The molecule has 0 aliphatic carbocycles. The van der Waals surface area contributed by atoms with Crippen molar-refractivity contribution in [1.29, 1.82) is 0 Å². The number of aliphatic imine (C=N–C) groups is 1. The minimum absolute atomic E-state index is 0. The minimum Gasteiger partial charge on any atom is -0.370 e. The van der Waals surface area contributed by atoms with Gasteiger partial charge in [-0.3, -0.25) is 4.99 Å². The number of hydrogen-bond acceptors (Lipinski definition) is 4. The second kappa shape index (κ2) is 7.75. The van der Waals surface area contributed by atoms with Crippen LogP contribution in [-0.4, -0.2) is 57.3 Å². The van der Waals surface area contributed by atoms with Crippen LogP contribution >= 0.6 is 35.3 Å². The molecule has 1 unspecified atom stereocenters. The Bertz CT molecular complexity index is 572. The van der Waals surface area contributed by atoms with Crippen LogP contribution in [0.3, 0.4) is 0 Å².